The fraction of sp³-hybridized carbons (Fsp3) is 0.364. The lowest BCUT2D eigenvalue weighted by Crippen LogP contribution is -2.28. The van der Waals surface area contributed by atoms with E-state index in [1.807, 2.05) is 6.92 Å². The van der Waals surface area contributed by atoms with Crippen LogP contribution >= 0.6 is 15.9 Å². The first-order valence-corrected chi connectivity index (χ1v) is 5.60. The van der Waals surface area contributed by atoms with Crippen LogP contribution in [0.15, 0.2) is 18.2 Å². The third kappa shape index (κ3) is 3.63. The zero-order valence-electron chi connectivity index (χ0n) is 8.68. The van der Waals surface area contributed by atoms with Crippen molar-refractivity contribution < 1.29 is 9.18 Å². The Hall–Kier alpha value is -0.900. The van der Waals surface area contributed by atoms with Crippen molar-refractivity contribution in [2.75, 3.05) is 6.54 Å². The van der Waals surface area contributed by atoms with Crippen molar-refractivity contribution in [3.8, 4) is 0 Å². The summed E-state index contributed by atoms with van der Waals surface area (Å²) in [6.45, 7) is 4.24. The lowest BCUT2D eigenvalue weighted by atomic mass is 10.1. The maximum atomic E-state index is 12.9. The molecule has 82 valence electrons. The van der Waals surface area contributed by atoms with Crippen molar-refractivity contribution in [3.05, 3.63) is 35.1 Å². The molecular formula is C11H13BrFNO. The topological polar surface area (TPSA) is 29.1 Å². The third-order valence-electron chi connectivity index (χ3n) is 1.99. The van der Waals surface area contributed by atoms with Crippen molar-refractivity contribution in [2.45, 2.75) is 18.7 Å². The molecule has 0 saturated carbocycles. The van der Waals surface area contributed by atoms with Crippen LogP contribution in [0.25, 0.3) is 0 Å². The summed E-state index contributed by atoms with van der Waals surface area (Å²) < 4.78 is 12.9. The number of carbonyl (C=O) groups excluding carboxylic acids is 1. The number of hydrogen-bond acceptors (Lipinski definition) is 1. The Kier molecular flexibility index (Phi) is 4.27. The lowest BCUT2D eigenvalue weighted by molar-refractivity contribution is 0.0953. The second kappa shape index (κ2) is 5.26. The zero-order valence-corrected chi connectivity index (χ0v) is 10.3. The highest BCUT2D eigenvalue weighted by Gasteiger charge is 2.10. The number of hydrogen-bond donors (Lipinski definition) is 1. The quantitative estimate of drug-likeness (QED) is 0.843. The van der Waals surface area contributed by atoms with Crippen LogP contribution < -0.4 is 5.32 Å². The van der Waals surface area contributed by atoms with Crippen LogP contribution in [0.2, 0.25) is 0 Å². The molecule has 0 spiro atoms. The lowest BCUT2D eigenvalue weighted by Gasteiger charge is -2.08. The van der Waals surface area contributed by atoms with Gasteiger partial charge in [0.1, 0.15) is 5.82 Å². The van der Waals surface area contributed by atoms with Gasteiger partial charge in [-0.25, -0.2) is 4.39 Å². The van der Waals surface area contributed by atoms with Gasteiger partial charge in [-0.3, -0.25) is 4.79 Å². The monoisotopic (exact) mass is 273 g/mol. The van der Waals surface area contributed by atoms with Crippen LogP contribution in [-0.2, 0) is 0 Å². The molecule has 4 heteroatoms. The van der Waals surface area contributed by atoms with E-state index >= 15 is 0 Å². The first-order chi connectivity index (χ1) is 7.00. The highest BCUT2D eigenvalue weighted by molar-refractivity contribution is 9.09. The fourth-order valence-electron chi connectivity index (χ4n) is 1.17. The molecule has 0 aliphatic carbocycles. The Morgan fingerprint density at radius 2 is 2.27 bits per heavy atom. The van der Waals surface area contributed by atoms with E-state index in [0.717, 1.165) is 5.56 Å². The Bertz CT molecular complexity index is 366. The van der Waals surface area contributed by atoms with E-state index in [1.165, 1.54) is 12.1 Å². The molecule has 0 heterocycles. The second-order valence-corrected chi connectivity index (χ2v) is 5.01. The summed E-state index contributed by atoms with van der Waals surface area (Å²) in [5.41, 5.74) is 1.17. The number of carbonyl (C=O) groups is 1. The molecule has 15 heavy (non-hydrogen) atoms. The van der Waals surface area contributed by atoms with Gasteiger partial charge >= 0.3 is 0 Å². The highest BCUT2D eigenvalue weighted by atomic mass is 79.9. The first kappa shape index (κ1) is 12.2. The Morgan fingerprint density at radius 3 is 2.87 bits per heavy atom. The Balaban J connectivity index is 2.77. The number of halogens is 2. The minimum Gasteiger partial charge on any atom is -0.351 e. The number of nitrogens with one attached hydrogen (secondary N) is 1. The van der Waals surface area contributed by atoms with E-state index in [4.69, 9.17) is 0 Å². The average Bonchev–Trinajstić information content (AvgIpc) is 2.18. The smallest absolute Gasteiger partial charge is 0.251 e. The molecule has 0 aliphatic rings. The van der Waals surface area contributed by atoms with Gasteiger partial charge in [-0.15, -0.1) is 0 Å². The summed E-state index contributed by atoms with van der Waals surface area (Å²) in [5.74, 6) is -0.629. The summed E-state index contributed by atoms with van der Waals surface area (Å²) in [4.78, 5) is 11.8. The number of amides is 1. The zero-order chi connectivity index (χ0) is 11.4. The van der Waals surface area contributed by atoms with Crippen molar-refractivity contribution in [1.29, 1.82) is 0 Å². The van der Waals surface area contributed by atoms with E-state index in [2.05, 4.69) is 21.2 Å². The summed E-state index contributed by atoms with van der Waals surface area (Å²) in [6.07, 6.45) is 0. The molecule has 1 aromatic carbocycles. The van der Waals surface area contributed by atoms with Gasteiger partial charge in [-0.05, 0) is 24.6 Å². The number of rotatable bonds is 3. The molecule has 0 aliphatic heterocycles. The van der Waals surface area contributed by atoms with E-state index < -0.39 is 5.82 Å². The Labute approximate surface area is 97.0 Å². The standard InChI is InChI=1S/C11H13BrFNO/c1-7-3-4-9(13)5-10(7)11(15)14-6-8(2)12/h3-5,8H,6H2,1-2H3,(H,14,15). The molecule has 1 N–H and O–H groups in total. The maximum absolute atomic E-state index is 12.9. The highest BCUT2D eigenvalue weighted by Crippen LogP contribution is 2.10. The number of benzene rings is 1. The number of alkyl halides is 1. The van der Waals surface area contributed by atoms with Crippen LogP contribution in [0.4, 0.5) is 4.39 Å². The van der Waals surface area contributed by atoms with Gasteiger partial charge in [-0.1, -0.05) is 28.9 Å². The molecule has 1 unspecified atom stereocenters. The molecule has 1 rings (SSSR count). The molecule has 0 bridgehead atoms. The summed E-state index contributed by atoms with van der Waals surface area (Å²) in [7, 11) is 0. The SMILES string of the molecule is Cc1ccc(F)cc1C(=O)NCC(C)Br. The Morgan fingerprint density at radius 1 is 1.60 bits per heavy atom. The van der Waals surface area contributed by atoms with Crippen LogP contribution in [0.5, 0.6) is 0 Å². The largest absolute Gasteiger partial charge is 0.351 e. The molecular weight excluding hydrogens is 261 g/mol. The number of aryl methyl sites for hydroxylation is 1. The van der Waals surface area contributed by atoms with Gasteiger partial charge in [0.15, 0.2) is 0 Å². The molecule has 1 amide bonds. The van der Waals surface area contributed by atoms with E-state index in [9.17, 15) is 9.18 Å². The predicted octanol–water partition coefficient (Wildman–Crippen LogP) is 2.65. The molecule has 1 atom stereocenters. The normalized spacial score (nSPS) is 12.3. The molecule has 2 nitrogen and oxygen atoms in total. The predicted molar refractivity (Wildman–Crippen MR) is 61.9 cm³/mol. The first-order valence-electron chi connectivity index (χ1n) is 4.69. The van der Waals surface area contributed by atoms with Gasteiger partial charge < -0.3 is 5.32 Å². The third-order valence-corrected chi connectivity index (χ3v) is 2.31. The molecule has 0 fully saturated rings. The van der Waals surface area contributed by atoms with Crippen molar-refractivity contribution in [2.24, 2.45) is 0 Å². The second-order valence-electron chi connectivity index (χ2n) is 3.45. The fourth-order valence-corrected chi connectivity index (χ4v) is 1.33. The van der Waals surface area contributed by atoms with Gasteiger partial charge in [0.05, 0.1) is 0 Å². The molecule has 0 saturated heterocycles. The molecule has 1 aromatic rings. The van der Waals surface area contributed by atoms with E-state index in [0.29, 0.717) is 12.1 Å². The van der Waals surface area contributed by atoms with Crippen molar-refractivity contribution in [1.82, 2.24) is 5.32 Å². The van der Waals surface area contributed by atoms with E-state index in [-0.39, 0.29) is 10.7 Å². The van der Waals surface area contributed by atoms with Crippen LogP contribution in [0, 0.1) is 12.7 Å². The van der Waals surface area contributed by atoms with Crippen LogP contribution in [-0.4, -0.2) is 17.3 Å². The molecule has 0 aromatic heterocycles. The minimum absolute atomic E-state index is 0.204. The average molecular weight is 274 g/mol. The maximum Gasteiger partial charge on any atom is 0.251 e. The summed E-state index contributed by atoms with van der Waals surface area (Å²) in [6, 6.07) is 4.20. The summed E-state index contributed by atoms with van der Waals surface area (Å²) in [5, 5.41) is 2.71. The van der Waals surface area contributed by atoms with Crippen molar-refractivity contribution in [3.63, 3.8) is 0 Å². The minimum atomic E-state index is -0.391. The van der Waals surface area contributed by atoms with Gasteiger partial charge in [0.2, 0.25) is 0 Å². The van der Waals surface area contributed by atoms with Crippen molar-refractivity contribution >= 4 is 21.8 Å². The van der Waals surface area contributed by atoms with Gasteiger partial charge in [0.25, 0.3) is 5.91 Å². The van der Waals surface area contributed by atoms with Crippen LogP contribution in [0.3, 0.4) is 0 Å². The van der Waals surface area contributed by atoms with Gasteiger partial charge in [0, 0.05) is 16.9 Å². The van der Waals surface area contributed by atoms with Gasteiger partial charge in [-0.2, -0.15) is 0 Å². The summed E-state index contributed by atoms with van der Waals surface area (Å²) >= 11 is 3.32. The van der Waals surface area contributed by atoms with E-state index in [1.54, 1.807) is 13.0 Å². The molecule has 0 radical (unpaired) electrons. The van der Waals surface area contributed by atoms with Crippen LogP contribution in [0.1, 0.15) is 22.8 Å².